The summed E-state index contributed by atoms with van der Waals surface area (Å²) < 4.78 is 39.6. The van der Waals surface area contributed by atoms with E-state index in [1.807, 2.05) is 0 Å². The fourth-order valence-electron chi connectivity index (χ4n) is 4.33. The molecule has 1 heterocycles. The smallest absolute Gasteiger partial charge is 0.418 e. The Bertz CT molecular complexity index is 606. The minimum atomic E-state index is -6.00. The molecule has 1 aromatic rings. The van der Waals surface area contributed by atoms with E-state index in [1.54, 1.807) is 5.57 Å². The molecule has 1 aliphatic heterocycles. The van der Waals surface area contributed by atoms with Gasteiger partial charge >= 0.3 is 7.25 Å². The maximum absolute atomic E-state index is 9.75. The number of fused-ring (bicyclic) bond motifs is 2. The number of benzene rings is 1. The van der Waals surface area contributed by atoms with Crippen LogP contribution in [0.1, 0.15) is 52.5 Å². The van der Waals surface area contributed by atoms with Gasteiger partial charge in [0.05, 0.1) is 0 Å². The molecule has 1 aliphatic carbocycles. The van der Waals surface area contributed by atoms with Crippen molar-refractivity contribution < 1.29 is 17.3 Å². The van der Waals surface area contributed by atoms with Gasteiger partial charge < -0.3 is 17.3 Å². The van der Waals surface area contributed by atoms with Crippen LogP contribution in [0.25, 0.3) is 6.08 Å². The normalized spacial score (nSPS) is 30.5. The molecule has 4 atom stereocenters. The summed E-state index contributed by atoms with van der Waals surface area (Å²) in [7, 11) is -5.45. The summed E-state index contributed by atoms with van der Waals surface area (Å²) in [4.78, 5) is 0. The van der Waals surface area contributed by atoms with Crippen LogP contribution in [0, 0.1) is 11.8 Å². The van der Waals surface area contributed by atoms with Crippen LogP contribution in [-0.2, 0) is 10.9 Å². The Morgan fingerprint density at radius 3 is 2.31 bits per heavy atom. The summed E-state index contributed by atoms with van der Waals surface area (Å²) in [5.41, 5.74) is 2.92. The zero-order chi connectivity index (χ0) is 19.5. The zero-order valence-electron chi connectivity index (χ0n) is 16.0. The highest BCUT2D eigenvalue weighted by Gasteiger charge is 2.60. The number of hydrogen-bond donors (Lipinski definition) is 0. The third kappa shape index (κ3) is 5.80. The molecule has 26 heavy (non-hydrogen) atoms. The predicted octanol–water partition coefficient (Wildman–Crippen LogP) is 6.61. The third-order valence-corrected chi connectivity index (χ3v) is 9.58. The van der Waals surface area contributed by atoms with Gasteiger partial charge in [-0.2, -0.15) is 0 Å². The van der Waals surface area contributed by atoms with E-state index < -0.39 is 7.25 Å². The Morgan fingerprint density at radius 1 is 1.15 bits per heavy atom. The molecule has 3 rings (SSSR count). The van der Waals surface area contributed by atoms with E-state index in [1.165, 1.54) is 30.6 Å². The topological polar surface area (TPSA) is 0 Å². The quantitative estimate of drug-likeness (QED) is 0.311. The fourth-order valence-corrected chi connectivity index (χ4v) is 8.07. The molecule has 0 amide bonds. The molecule has 0 aromatic heterocycles. The Morgan fingerprint density at radius 2 is 1.73 bits per heavy atom. The van der Waals surface area contributed by atoms with Crippen LogP contribution in [0.5, 0.6) is 0 Å². The lowest BCUT2D eigenvalue weighted by Gasteiger charge is -2.24. The highest BCUT2D eigenvalue weighted by atomic mass is 32.2. The zero-order valence-corrected chi connectivity index (χ0v) is 16.8. The van der Waals surface area contributed by atoms with Gasteiger partial charge in [-0.3, -0.25) is 0 Å². The van der Waals surface area contributed by atoms with Crippen molar-refractivity contribution in [2.75, 3.05) is 5.75 Å². The van der Waals surface area contributed by atoms with Crippen LogP contribution in [0.4, 0.5) is 17.3 Å². The number of hydrogen-bond acceptors (Lipinski definition) is 0. The Kier molecular flexibility index (Phi) is 6.92. The minimum Gasteiger partial charge on any atom is -0.418 e. The van der Waals surface area contributed by atoms with Gasteiger partial charge in [0.1, 0.15) is 15.7 Å². The van der Waals surface area contributed by atoms with Crippen LogP contribution < -0.4 is 0 Å². The number of halogens is 4. The molecule has 2 bridgehead atoms. The first kappa shape index (κ1) is 21.4. The van der Waals surface area contributed by atoms with E-state index in [9.17, 15) is 17.3 Å². The molecule has 1 aromatic carbocycles. The van der Waals surface area contributed by atoms with Crippen molar-refractivity contribution in [2.45, 2.75) is 57.0 Å². The van der Waals surface area contributed by atoms with E-state index in [2.05, 4.69) is 64.1 Å². The van der Waals surface area contributed by atoms with Crippen molar-refractivity contribution >= 4 is 24.2 Å². The van der Waals surface area contributed by atoms with Crippen LogP contribution in [-0.4, -0.2) is 23.0 Å². The van der Waals surface area contributed by atoms with Crippen molar-refractivity contribution in [2.24, 2.45) is 11.8 Å². The van der Waals surface area contributed by atoms with E-state index in [-0.39, 0.29) is 0 Å². The second-order valence-electron chi connectivity index (χ2n) is 8.10. The van der Waals surface area contributed by atoms with Crippen LogP contribution in [0.15, 0.2) is 35.9 Å². The summed E-state index contributed by atoms with van der Waals surface area (Å²) in [5.74, 6) is 3.23. The van der Waals surface area contributed by atoms with Crippen LogP contribution in [0.2, 0.25) is 0 Å². The summed E-state index contributed by atoms with van der Waals surface area (Å²) in [6, 6.07) is 10.8. The average Bonchev–Trinajstić information content (AvgIpc) is 2.72. The molecule has 2 fully saturated rings. The van der Waals surface area contributed by atoms with Gasteiger partial charge in [0, 0.05) is 29.2 Å². The van der Waals surface area contributed by atoms with E-state index in [0.717, 1.165) is 17.1 Å². The molecule has 0 N–H and O–H groups in total. The maximum Gasteiger partial charge on any atom is 0.673 e. The van der Waals surface area contributed by atoms with Gasteiger partial charge in [0.15, 0.2) is 0 Å². The Hall–Kier alpha value is -0.905. The van der Waals surface area contributed by atoms with E-state index >= 15 is 0 Å². The largest absolute Gasteiger partial charge is 0.673 e. The molecular weight excluding hydrogens is 359 g/mol. The highest BCUT2D eigenvalue weighted by molar-refractivity contribution is 7.99. The predicted molar refractivity (Wildman–Crippen MR) is 107 cm³/mol. The van der Waals surface area contributed by atoms with Crippen molar-refractivity contribution in [1.29, 1.82) is 0 Å². The maximum atomic E-state index is 9.75. The molecule has 1 saturated heterocycles. The molecule has 6 heteroatoms. The Balaban J connectivity index is 0.000000431. The van der Waals surface area contributed by atoms with Crippen molar-refractivity contribution in [3.63, 3.8) is 0 Å². The van der Waals surface area contributed by atoms with E-state index in [4.69, 9.17) is 0 Å². The molecular formula is C20H29BF4S. The molecule has 4 unspecified atom stereocenters. The van der Waals surface area contributed by atoms with Gasteiger partial charge in [0.2, 0.25) is 0 Å². The summed E-state index contributed by atoms with van der Waals surface area (Å²) >= 11 is 0. The monoisotopic (exact) mass is 388 g/mol. The lowest BCUT2D eigenvalue weighted by molar-refractivity contribution is 0.290. The first-order valence-electron chi connectivity index (χ1n) is 9.28. The minimum absolute atomic E-state index is 0.555. The molecule has 2 aliphatic rings. The first-order chi connectivity index (χ1) is 12.0. The number of rotatable bonds is 3. The summed E-state index contributed by atoms with van der Waals surface area (Å²) in [6.45, 7) is 9.94. The van der Waals surface area contributed by atoms with Gasteiger partial charge in [0.25, 0.3) is 0 Å². The lowest BCUT2D eigenvalue weighted by Crippen LogP contribution is -2.37. The highest BCUT2D eigenvalue weighted by Crippen LogP contribution is 2.52. The lowest BCUT2D eigenvalue weighted by atomic mass is 9.78. The molecule has 0 nitrogen and oxygen atoms in total. The van der Waals surface area contributed by atoms with Crippen molar-refractivity contribution in [1.82, 2.24) is 0 Å². The van der Waals surface area contributed by atoms with Gasteiger partial charge in [-0.15, -0.1) is 0 Å². The summed E-state index contributed by atoms with van der Waals surface area (Å²) in [6.07, 6.45) is 6.82. The molecule has 146 valence electrons. The Labute approximate surface area is 157 Å². The second kappa shape index (κ2) is 8.41. The third-order valence-electron chi connectivity index (χ3n) is 5.74. The van der Waals surface area contributed by atoms with E-state index in [0.29, 0.717) is 15.6 Å². The van der Waals surface area contributed by atoms with Gasteiger partial charge in [-0.1, -0.05) is 43.3 Å². The molecule has 0 spiro atoms. The second-order valence-corrected chi connectivity index (χ2v) is 10.9. The average molecular weight is 388 g/mol. The van der Waals surface area contributed by atoms with Crippen LogP contribution >= 0.6 is 0 Å². The van der Waals surface area contributed by atoms with Gasteiger partial charge in [-0.25, -0.2) is 0 Å². The van der Waals surface area contributed by atoms with Gasteiger partial charge in [-0.05, 0) is 44.7 Å². The molecule has 0 radical (unpaired) electrons. The SMILES string of the molecule is C/C(=C\c1ccccc1)C[S+]1C2CC(CCC2C)C1(C)C.F[B-](F)(F)F. The fraction of sp³-hybridized carbons (Fsp3) is 0.600. The van der Waals surface area contributed by atoms with Crippen molar-refractivity contribution in [3.05, 3.63) is 41.5 Å². The molecule has 1 saturated carbocycles. The summed E-state index contributed by atoms with van der Waals surface area (Å²) in [5, 5.41) is 0.984. The van der Waals surface area contributed by atoms with Crippen molar-refractivity contribution in [3.8, 4) is 0 Å². The standard InChI is InChI=1S/C20H29S.BF4/c1-15(12-17-8-6-5-7-9-17)14-21-19-13-18(20(21,3)4)11-10-16(19)2;2-1(3,4)5/h5-9,12,16,18-19H,10-11,13-14H2,1-4H3;/q+1;-1/b15-12+;. The first-order valence-corrected chi connectivity index (χ1v) is 10.7. The van der Waals surface area contributed by atoms with Crippen LogP contribution in [0.3, 0.4) is 0 Å².